The molecule has 1 aromatic heterocycles. The SMILES string of the molecule is COc1cc(OC)c2cnc(N)nc2c1. The van der Waals surface area contributed by atoms with Crippen LogP contribution in [-0.2, 0) is 0 Å². The molecule has 2 rings (SSSR count). The quantitative estimate of drug-likeness (QED) is 0.798. The summed E-state index contributed by atoms with van der Waals surface area (Å²) in [7, 11) is 3.18. The van der Waals surface area contributed by atoms with Crippen LogP contribution in [0.5, 0.6) is 11.5 Å². The summed E-state index contributed by atoms with van der Waals surface area (Å²) in [5, 5.41) is 0.813. The fourth-order valence-electron chi connectivity index (χ4n) is 1.38. The summed E-state index contributed by atoms with van der Waals surface area (Å²) in [5.74, 6) is 1.58. The second-order valence-electron chi connectivity index (χ2n) is 2.99. The molecule has 5 nitrogen and oxygen atoms in total. The van der Waals surface area contributed by atoms with E-state index in [1.165, 1.54) is 0 Å². The summed E-state index contributed by atoms with van der Waals surface area (Å²) in [6, 6.07) is 3.57. The van der Waals surface area contributed by atoms with E-state index in [0.29, 0.717) is 17.0 Å². The van der Waals surface area contributed by atoms with Crippen LogP contribution in [0.1, 0.15) is 0 Å². The van der Waals surface area contributed by atoms with Crippen molar-refractivity contribution < 1.29 is 9.47 Å². The standard InChI is InChI=1S/C10H11N3O2/c1-14-6-3-8-7(9(4-6)15-2)5-12-10(11)13-8/h3-5H,1-2H3,(H2,11,12,13). The van der Waals surface area contributed by atoms with E-state index in [1.807, 2.05) is 0 Å². The van der Waals surface area contributed by atoms with Gasteiger partial charge in [0.15, 0.2) is 0 Å². The van der Waals surface area contributed by atoms with Crippen molar-refractivity contribution in [2.75, 3.05) is 20.0 Å². The van der Waals surface area contributed by atoms with Crippen molar-refractivity contribution in [1.82, 2.24) is 9.97 Å². The second kappa shape index (κ2) is 3.61. The van der Waals surface area contributed by atoms with Crippen LogP contribution >= 0.6 is 0 Å². The molecule has 1 aromatic carbocycles. The number of ether oxygens (including phenoxy) is 2. The summed E-state index contributed by atoms with van der Waals surface area (Å²) < 4.78 is 10.3. The van der Waals surface area contributed by atoms with Crippen molar-refractivity contribution in [2.45, 2.75) is 0 Å². The first-order valence-electron chi connectivity index (χ1n) is 4.39. The Labute approximate surface area is 86.8 Å². The van der Waals surface area contributed by atoms with Gasteiger partial charge in [0, 0.05) is 18.3 Å². The lowest BCUT2D eigenvalue weighted by atomic mass is 10.2. The molecule has 0 aliphatic carbocycles. The molecule has 0 amide bonds. The minimum absolute atomic E-state index is 0.234. The van der Waals surface area contributed by atoms with Gasteiger partial charge in [0.1, 0.15) is 11.5 Å². The highest BCUT2D eigenvalue weighted by atomic mass is 16.5. The second-order valence-corrected chi connectivity index (χ2v) is 2.99. The van der Waals surface area contributed by atoms with Crippen LogP contribution in [-0.4, -0.2) is 24.2 Å². The fourth-order valence-corrected chi connectivity index (χ4v) is 1.38. The van der Waals surface area contributed by atoms with Gasteiger partial charge in [-0.2, -0.15) is 0 Å². The first-order valence-corrected chi connectivity index (χ1v) is 4.39. The Morgan fingerprint density at radius 2 is 2.00 bits per heavy atom. The van der Waals surface area contributed by atoms with Crippen LogP contribution in [0.2, 0.25) is 0 Å². The Morgan fingerprint density at radius 1 is 1.20 bits per heavy atom. The first-order chi connectivity index (χ1) is 7.24. The normalized spacial score (nSPS) is 10.3. The minimum atomic E-state index is 0.234. The Morgan fingerprint density at radius 3 is 2.67 bits per heavy atom. The molecule has 0 spiro atoms. The van der Waals surface area contributed by atoms with Crippen molar-refractivity contribution in [1.29, 1.82) is 0 Å². The van der Waals surface area contributed by atoms with Gasteiger partial charge in [-0.3, -0.25) is 0 Å². The van der Waals surface area contributed by atoms with Gasteiger partial charge in [-0.1, -0.05) is 0 Å². The van der Waals surface area contributed by atoms with Crippen LogP contribution in [0.15, 0.2) is 18.3 Å². The lowest BCUT2D eigenvalue weighted by Crippen LogP contribution is -1.96. The number of hydrogen-bond donors (Lipinski definition) is 1. The molecule has 2 N–H and O–H groups in total. The van der Waals surface area contributed by atoms with E-state index in [2.05, 4.69) is 9.97 Å². The molecule has 0 saturated heterocycles. The van der Waals surface area contributed by atoms with Crippen molar-refractivity contribution in [3.63, 3.8) is 0 Å². The summed E-state index contributed by atoms with van der Waals surface area (Å²) in [4.78, 5) is 8.02. The van der Waals surface area contributed by atoms with Gasteiger partial charge in [0.05, 0.1) is 25.1 Å². The van der Waals surface area contributed by atoms with Crippen LogP contribution in [0, 0.1) is 0 Å². The average molecular weight is 205 g/mol. The zero-order valence-corrected chi connectivity index (χ0v) is 8.52. The zero-order valence-electron chi connectivity index (χ0n) is 8.52. The highest BCUT2D eigenvalue weighted by Crippen LogP contribution is 2.29. The number of aromatic nitrogens is 2. The number of methoxy groups -OCH3 is 2. The maximum atomic E-state index is 5.50. The van der Waals surface area contributed by atoms with Crippen LogP contribution in [0.4, 0.5) is 5.95 Å². The van der Waals surface area contributed by atoms with Gasteiger partial charge >= 0.3 is 0 Å². The molecule has 0 atom stereocenters. The highest BCUT2D eigenvalue weighted by molar-refractivity contribution is 5.86. The van der Waals surface area contributed by atoms with Gasteiger partial charge in [0.2, 0.25) is 5.95 Å². The summed E-state index contributed by atoms with van der Waals surface area (Å²) >= 11 is 0. The molecule has 5 heteroatoms. The largest absolute Gasteiger partial charge is 0.497 e. The molecule has 2 aromatic rings. The number of anilines is 1. The third-order valence-electron chi connectivity index (χ3n) is 2.11. The van der Waals surface area contributed by atoms with E-state index in [0.717, 1.165) is 5.39 Å². The van der Waals surface area contributed by atoms with E-state index < -0.39 is 0 Å². The number of nitrogen functional groups attached to an aromatic ring is 1. The Kier molecular flexibility index (Phi) is 2.29. The Bertz CT molecular complexity index is 499. The molecule has 1 heterocycles. The van der Waals surface area contributed by atoms with E-state index in [1.54, 1.807) is 32.5 Å². The molecular weight excluding hydrogens is 194 g/mol. The Balaban J connectivity index is 2.74. The lowest BCUT2D eigenvalue weighted by molar-refractivity contribution is 0.398. The van der Waals surface area contributed by atoms with Crippen molar-refractivity contribution in [3.05, 3.63) is 18.3 Å². The Hall–Kier alpha value is -2.04. The maximum Gasteiger partial charge on any atom is 0.220 e. The van der Waals surface area contributed by atoms with E-state index in [-0.39, 0.29) is 5.95 Å². The third-order valence-corrected chi connectivity index (χ3v) is 2.11. The molecule has 0 bridgehead atoms. The summed E-state index contributed by atoms with van der Waals surface area (Å²) in [5.41, 5.74) is 6.21. The average Bonchev–Trinajstić information content (AvgIpc) is 2.26. The van der Waals surface area contributed by atoms with Gasteiger partial charge in [0.25, 0.3) is 0 Å². The molecule has 15 heavy (non-hydrogen) atoms. The van der Waals surface area contributed by atoms with E-state index in [9.17, 15) is 0 Å². The van der Waals surface area contributed by atoms with Crippen molar-refractivity contribution >= 4 is 16.9 Å². The molecule has 78 valence electrons. The lowest BCUT2D eigenvalue weighted by Gasteiger charge is -2.07. The predicted molar refractivity (Wildman–Crippen MR) is 57.1 cm³/mol. The van der Waals surface area contributed by atoms with E-state index in [4.69, 9.17) is 15.2 Å². The molecule has 0 aliphatic heterocycles. The van der Waals surface area contributed by atoms with Crippen LogP contribution in [0.3, 0.4) is 0 Å². The molecular formula is C10H11N3O2. The van der Waals surface area contributed by atoms with E-state index >= 15 is 0 Å². The number of benzene rings is 1. The van der Waals surface area contributed by atoms with Crippen LogP contribution in [0.25, 0.3) is 10.9 Å². The highest BCUT2D eigenvalue weighted by Gasteiger charge is 2.06. The van der Waals surface area contributed by atoms with Crippen LogP contribution < -0.4 is 15.2 Å². The zero-order chi connectivity index (χ0) is 10.8. The van der Waals surface area contributed by atoms with Gasteiger partial charge in [-0.15, -0.1) is 0 Å². The number of hydrogen-bond acceptors (Lipinski definition) is 5. The van der Waals surface area contributed by atoms with Crippen molar-refractivity contribution in [3.8, 4) is 11.5 Å². The number of rotatable bonds is 2. The number of fused-ring (bicyclic) bond motifs is 1. The van der Waals surface area contributed by atoms with Gasteiger partial charge < -0.3 is 15.2 Å². The topological polar surface area (TPSA) is 70.3 Å². The smallest absolute Gasteiger partial charge is 0.220 e. The predicted octanol–water partition coefficient (Wildman–Crippen LogP) is 1.23. The van der Waals surface area contributed by atoms with Gasteiger partial charge in [-0.05, 0) is 0 Å². The fraction of sp³-hybridized carbons (Fsp3) is 0.200. The van der Waals surface area contributed by atoms with Gasteiger partial charge in [-0.25, -0.2) is 9.97 Å². The molecule has 0 saturated carbocycles. The summed E-state index contributed by atoms with van der Waals surface area (Å²) in [6.45, 7) is 0. The third kappa shape index (κ3) is 1.63. The molecule has 0 aliphatic rings. The monoisotopic (exact) mass is 205 g/mol. The number of nitrogens with two attached hydrogens (primary N) is 1. The molecule has 0 radical (unpaired) electrons. The number of nitrogens with zero attached hydrogens (tertiary/aromatic N) is 2. The summed E-state index contributed by atoms with van der Waals surface area (Å²) in [6.07, 6.45) is 1.63. The first kappa shape index (κ1) is 9.51. The maximum absolute atomic E-state index is 5.50. The van der Waals surface area contributed by atoms with Crippen molar-refractivity contribution in [2.24, 2.45) is 0 Å². The molecule has 0 fully saturated rings. The molecule has 0 unspecified atom stereocenters. The minimum Gasteiger partial charge on any atom is -0.497 e.